The lowest BCUT2D eigenvalue weighted by molar-refractivity contribution is 0.230. The lowest BCUT2D eigenvalue weighted by atomic mass is 10.2. The maximum absolute atomic E-state index is 8.66. The average molecular weight is 193 g/mol. The first-order chi connectivity index (χ1) is 6.79. The highest BCUT2D eigenvalue weighted by molar-refractivity contribution is 5.59. The molecule has 14 heavy (non-hydrogen) atoms. The number of hydrogen-bond donors (Lipinski definition) is 2. The molecule has 1 rings (SSSR count). The van der Waals surface area contributed by atoms with E-state index in [1.165, 1.54) is 12.3 Å². The molecule has 0 bridgehead atoms. The normalized spacial score (nSPS) is 9.43. The number of rotatable bonds is 4. The second kappa shape index (κ2) is 5.04. The van der Waals surface area contributed by atoms with Crippen LogP contribution in [0.3, 0.4) is 0 Å². The van der Waals surface area contributed by atoms with Gasteiger partial charge in [-0.2, -0.15) is 5.26 Å². The van der Waals surface area contributed by atoms with Crippen molar-refractivity contribution in [1.29, 1.82) is 5.26 Å². The zero-order chi connectivity index (χ0) is 10.4. The highest BCUT2D eigenvalue weighted by atomic mass is 16.5. The molecular weight excluding hydrogens is 182 g/mol. The van der Waals surface area contributed by atoms with Crippen LogP contribution in [0.5, 0.6) is 5.88 Å². The van der Waals surface area contributed by atoms with Crippen molar-refractivity contribution in [1.82, 2.24) is 4.98 Å². The molecule has 0 saturated heterocycles. The van der Waals surface area contributed by atoms with Crippen molar-refractivity contribution in [2.45, 2.75) is 6.42 Å². The minimum Gasteiger partial charge on any atom is -0.476 e. The molecule has 0 atom stereocenters. The molecule has 0 spiro atoms. The summed E-state index contributed by atoms with van der Waals surface area (Å²) in [6.07, 6.45) is 1.97. The molecule has 3 N–H and O–H groups in total. The number of ether oxygens (including phenoxy) is 1. The molecule has 0 aliphatic heterocycles. The second-order valence-electron chi connectivity index (χ2n) is 2.61. The molecule has 0 saturated carbocycles. The maximum atomic E-state index is 8.66. The van der Waals surface area contributed by atoms with E-state index >= 15 is 0 Å². The van der Waals surface area contributed by atoms with Crippen molar-refractivity contribution in [3.05, 3.63) is 17.8 Å². The summed E-state index contributed by atoms with van der Waals surface area (Å²) in [5.74, 6) is 0.248. The van der Waals surface area contributed by atoms with Crippen molar-refractivity contribution in [3.8, 4) is 11.9 Å². The van der Waals surface area contributed by atoms with Gasteiger partial charge in [0.15, 0.2) is 0 Å². The van der Waals surface area contributed by atoms with Gasteiger partial charge >= 0.3 is 0 Å². The Morgan fingerprint density at radius 3 is 3.07 bits per heavy atom. The van der Waals surface area contributed by atoms with E-state index in [1.54, 1.807) is 0 Å². The van der Waals surface area contributed by atoms with Crippen LogP contribution in [0.4, 0.5) is 5.69 Å². The van der Waals surface area contributed by atoms with Gasteiger partial charge in [-0.15, -0.1) is 0 Å². The lowest BCUT2D eigenvalue weighted by Crippen LogP contribution is -2.04. The summed E-state index contributed by atoms with van der Waals surface area (Å²) in [6.45, 7) is 0.389. The number of anilines is 1. The third kappa shape index (κ3) is 2.34. The largest absolute Gasteiger partial charge is 0.476 e. The van der Waals surface area contributed by atoms with Crippen molar-refractivity contribution < 1.29 is 9.84 Å². The fourth-order valence-corrected chi connectivity index (χ4v) is 0.900. The first-order valence-corrected chi connectivity index (χ1v) is 4.18. The topological polar surface area (TPSA) is 92.2 Å². The molecule has 5 heteroatoms. The van der Waals surface area contributed by atoms with E-state index in [0.717, 1.165) is 0 Å². The van der Waals surface area contributed by atoms with Crippen LogP contribution in [-0.4, -0.2) is 23.3 Å². The Balaban J connectivity index is 2.73. The first-order valence-electron chi connectivity index (χ1n) is 4.18. The molecule has 0 unspecified atom stereocenters. The van der Waals surface area contributed by atoms with Gasteiger partial charge in [0.25, 0.3) is 0 Å². The van der Waals surface area contributed by atoms with Crippen LogP contribution in [-0.2, 0) is 0 Å². The van der Waals surface area contributed by atoms with Crippen LogP contribution in [0.15, 0.2) is 12.3 Å². The summed E-state index contributed by atoms with van der Waals surface area (Å²) >= 11 is 0. The lowest BCUT2D eigenvalue weighted by Gasteiger charge is -2.06. The summed E-state index contributed by atoms with van der Waals surface area (Å²) in [6, 6.07) is 3.45. The fraction of sp³-hybridized carbons (Fsp3) is 0.333. The Morgan fingerprint density at radius 1 is 1.64 bits per heavy atom. The molecule has 0 aliphatic rings. The van der Waals surface area contributed by atoms with Crippen molar-refractivity contribution >= 4 is 5.69 Å². The highest BCUT2D eigenvalue weighted by Crippen LogP contribution is 2.21. The molecule has 0 amide bonds. The highest BCUT2D eigenvalue weighted by Gasteiger charge is 2.06. The molecule has 1 aromatic heterocycles. The Morgan fingerprint density at radius 2 is 2.43 bits per heavy atom. The van der Waals surface area contributed by atoms with E-state index in [-0.39, 0.29) is 18.2 Å². The maximum Gasteiger partial charge on any atom is 0.238 e. The minimum absolute atomic E-state index is 0.0534. The Labute approximate surface area is 81.8 Å². The number of nitrogen functional groups attached to an aromatic ring is 1. The number of aliphatic hydroxyl groups excluding tert-OH is 1. The summed E-state index contributed by atoms with van der Waals surface area (Å²) in [7, 11) is 0. The van der Waals surface area contributed by atoms with Crippen LogP contribution in [0.25, 0.3) is 0 Å². The number of nitrogens with zero attached hydrogens (tertiary/aromatic N) is 2. The number of aliphatic hydroxyl groups is 1. The van der Waals surface area contributed by atoms with Gasteiger partial charge in [0, 0.05) is 19.2 Å². The van der Waals surface area contributed by atoms with Crippen LogP contribution >= 0.6 is 0 Å². The Hall–Kier alpha value is -1.80. The van der Waals surface area contributed by atoms with E-state index in [2.05, 4.69) is 4.98 Å². The van der Waals surface area contributed by atoms with Gasteiger partial charge in [-0.05, 0) is 6.07 Å². The predicted molar refractivity (Wildman–Crippen MR) is 50.6 cm³/mol. The molecule has 0 aromatic carbocycles. The standard InChI is InChI=1S/C9H11N3O2/c10-6-7-2-3-12-9(8(7)11)14-5-1-4-13/h2-3,13H,1,4-5,11H2. The number of hydrogen-bond acceptors (Lipinski definition) is 5. The van der Waals surface area contributed by atoms with Crippen LogP contribution < -0.4 is 10.5 Å². The van der Waals surface area contributed by atoms with Gasteiger partial charge in [0.05, 0.1) is 12.2 Å². The molecule has 0 aliphatic carbocycles. The number of nitriles is 1. The SMILES string of the molecule is N#Cc1ccnc(OCCCO)c1N. The van der Waals surface area contributed by atoms with E-state index in [0.29, 0.717) is 18.6 Å². The third-order valence-corrected chi connectivity index (χ3v) is 1.62. The Bertz CT molecular complexity index is 346. The van der Waals surface area contributed by atoms with Crippen LogP contribution in [0.1, 0.15) is 12.0 Å². The smallest absolute Gasteiger partial charge is 0.238 e. The molecule has 0 radical (unpaired) electrons. The quantitative estimate of drug-likeness (QED) is 0.671. The van der Waals surface area contributed by atoms with Crippen LogP contribution in [0, 0.1) is 11.3 Å². The molecule has 1 aromatic rings. The predicted octanol–water partition coefficient (Wildman–Crippen LogP) is 0.297. The molecule has 5 nitrogen and oxygen atoms in total. The number of pyridine rings is 1. The summed E-state index contributed by atoms with van der Waals surface area (Å²) < 4.78 is 5.17. The van der Waals surface area contributed by atoms with Crippen molar-refractivity contribution in [3.63, 3.8) is 0 Å². The third-order valence-electron chi connectivity index (χ3n) is 1.62. The van der Waals surface area contributed by atoms with Gasteiger partial charge in [-0.3, -0.25) is 0 Å². The molecular formula is C9H11N3O2. The average Bonchev–Trinajstić information content (AvgIpc) is 2.21. The van der Waals surface area contributed by atoms with E-state index in [4.69, 9.17) is 20.8 Å². The zero-order valence-corrected chi connectivity index (χ0v) is 7.60. The first kappa shape index (κ1) is 10.3. The van der Waals surface area contributed by atoms with Gasteiger partial charge in [0.1, 0.15) is 11.8 Å². The van der Waals surface area contributed by atoms with Crippen LogP contribution in [0.2, 0.25) is 0 Å². The van der Waals surface area contributed by atoms with Crippen molar-refractivity contribution in [2.24, 2.45) is 0 Å². The fourth-order valence-electron chi connectivity index (χ4n) is 0.900. The number of aromatic nitrogens is 1. The van der Waals surface area contributed by atoms with Gasteiger partial charge in [0.2, 0.25) is 5.88 Å². The monoisotopic (exact) mass is 193 g/mol. The summed E-state index contributed by atoms with van der Waals surface area (Å²) in [5.41, 5.74) is 6.19. The van der Waals surface area contributed by atoms with Gasteiger partial charge in [-0.25, -0.2) is 4.98 Å². The van der Waals surface area contributed by atoms with Crippen molar-refractivity contribution in [2.75, 3.05) is 18.9 Å². The zero-order valence-electron chi connectivity index (χ0n) is 7.60. The molecule has 1 heterocycles. The van der Waals surface area contributed by atoms with E-state index in [9.17, 15) is 0 Å². The van der Waals surface area contributed by atoms with E-state index < -0.39 is 0 Å². The second-order valence-corrected chi connectivity index (χ2v) is 2.61. The Kier molecular flexibility index (Phi) is 3.70. The van der Waals surface area contributed by atoms with E-state index in [1.807, 2.05) is 6.07 Å². The minimum atomic E-state index is 0.0534. The van der Waals surface area contributed by atoms with Gasteiger partial charge < -0.3 is 15.6 Å². The summed E-state index contributed by atoms with van der Waals surface area (Å²) in [5, 5.41) is 17.2. The summed E-state index contributed by atoms with van der Waals surface area (Å²) in [4.78, 5) is 3.88. The molecule has 74 valence electrons. The molecule has 0 fully saturated rings. The number of nitrogens with two attached hydrogens (primary N) is 1. The van der Waals surface area contributed by atoms with Gasteiger partial charge in [-0.1, -0.05) is 0 Å².